The molecule has 4 atom stereocenters. The topological polar surface area (TPSA) is 29.5 Å². The number of benzene rings is 1. The van der Waals surface area contributed by atoms with Gasteiger partial charge in [-0.25, -0.2) is 0 Å². The molecule has 4 unspecified atom stereocenters. The first-order chi connectivity index (χ1) is 9.06. The number of amides is 1. The van der Waals surface area contributed by atoms with E-state index in [4.69, 9.17) is 4.74 Å². The number of nitrogens with zero attached hydrogens (tertiary/aromatic N) is 1. The van der Waals surface area contributed by atoms with Crippen molar-refractivity contribution < 1.29 is 9.53 Å². The standard InChI is InChI=1S/C15H18INO2/c1-4-13-17(15(18)10(2)16)11(3)14(19-13)12-8-6-5-7-9-12/h4-11,13-14H,1H2,2-3H3. The Kier molecular flexibility index (Phi) is 4.62. The summed E-state index contributed by atoms with van der Waals surface area (Å²) in [7, 11) is 0. The molecule has 1 amide bonds. The predicted octanol–water partition coefficient (Wildman–Crippen LogP) is 3.31. The zero-order chi connectivity index (χ0) is 14.0. The fourth-order valence-electron chi connectivity index (χ4n) is 2.41. The van der Waals surface area contributed by atoms with Gasteiger partial charge in [-0.15, -0.1) is 0 Å². The van der Waals surface area contributed by atoms with E-state index in [1.807, 2.05) is 44.2 Å². The molecule has 0 N–H and O–H groups in total. The molecule has 0 radical (unpaired) electrons. The first kappa shape index (κ1) is 14.5. The number of carbonyl (C=O) groups excluding carboxylic acids is 1. The molecule has 1 heterocycles. The average molecular weight is 371 g/mol. The largest absolute Gasteiger partial charge is 0.345 e. The third-order valence-electron chi connectivity index (χ3n) is 3.36. The summed E-state index contributed by atoms with van der Waals surface area (Å²) in [5.74, 6) is 0.0939. The fraction of sp³-hybridized carbons (Fsp3) is 0.400. The summed E-state index contributed by atoms with van der Waals surface area (Å²) >= 11 is 2.14. The monoisotopic (exact) mass is 371 g/mol. The lowest BCUT2D eigenvalue weighted by Crippen LogP contribution is -2.43. The molecule has 3 nitrogen and oxygen atoms in total. The van der Waals surface area contributed by atoms with Crippen molar-refractivity contribution in [3.63, 3.8) is 0 Å². The summed E-state index contributed by atoms with van der Waals surface area (Å²) in [4.78, 5) is 14.1. The minimum Gasteiger partial charge on any atom is -0.345 e. The molecule has 0 aliphatic carbocycles. The Morgan fingerprint density at radius 3 is 2.63 bits per heavy atom. The first-order valence-corrected chi connectivity index (χ1v) is 7.60. The van der Waals surface area contributed by atoms with Gasteiger partial charge in [-0.2, -0.15) is 0 Å². The second-order valence-corrected chi connectivity index (χ2v) is 6.56. The molecule has 4 heteroatoms. The normalized spacial score (nSPS) is 28.2. The van der Waals surface area contributed by atoms with Crippen molar-refractivity contribution in [1.29, 1.82) is 0 Å². The van der Waals surface area contributed by atoms with E-state index >= 15 is 0 Å². The third kappa shape index (κ3) is 2.84. The zero-order valence-corrected chi connectivity index (χ0v) is 13.3. The van der Waals surface area contributed by atoms with Crippen molar-refractivity contribution in [2.45, 2.75) is 36.1 Å². The van der Waals surface area contributed by atoms with E-state index in [0.717, 1.165) is 5.56 Å². The van der Waals surface area contributed by atoms with Gasteiger partial charge in [0.15, 0.2) is 6.23 Å². The third-order valence-corrected chi connectivity index (χ3v) is 3.89. The van der Waals surface area contributed by atoms with Crippen molar-refractivity contribution >= 4 is 28.5 Å². The van der Waals surface area contributed by atoms with Crippen LogP contribution in [0, 0.1) is 0 Å². The van der Waals surface area contributed by atoms with E-state index in [2.05, 4.69) is 29.2 Å². The van der Waals surface area contributed by atoms with E-state index in [1.165, 1.54) is 0 Å². The van der Waals surface area contributed by atoms with Crippen LogP contribution in [0.4, 0.5) is 0 Å². The van der Waals surface area contributed by atoms with Crippen molar-refractivity contribution in [3.05, 3.63) is 48.6 Å². The van der Waals surface area contributed by atoms with Crippen LogP contribution in [0.1, 0.15) is 25.5 Å². The average Bonchev–Trinajstić information content (AvgIpc) is 2.75. The van der Waals surface area contributed by atoms with Gasteiger partial charge in [0.1, 0.15) is 6.10 Å². The molecule has 1 saturated heterocycles. The van der Waals surface area contributed by atoms with E-state index in [1.54, 1.807) is 11.0 Å². The van der Waals surface area contributed by atoms with Gasteiger partial charge < -0.3 is 9.64 Å². The van der Waals surface area contributed by atoms with Crippen LogP contribution in [0.3, 0.4) is 0 Å². The summed E-state index contributed by atoms with van der Waals surface area (Å²) in [5, 5.41) is 0. The van der Waals surface area contributed by atoms with E-state index in [0.29, 0.717) is 0 Å². The Balaban J connectivity index is 2.27. The highest BCUT2D eigenvalue weighted by molar-refractivity contribution is 14.1. The Morgan fingerprint density at radius 1 is 1.47 bits per heavy atom. The minimum absolute atomic E-state index is 0.00937. The molecule has 19 heavy (non-hydrogen) atoms. The molecule has 0 spiro atoms. The second kappa shape index (κ2) is 6.05. The van der Waals surface area contributed by atoms with E-state index in [-0.39, 0.29) is 28.2 Å². The predicted molar refractivity (Wildman–Crippen MR) is 84.0 cm³/mol. The Bertz CT molecular complexity index is 460. The summed E-state index contributed by atoms with van der Waals surface area (Å²) < 4.78 is 5.91. The first-order valence-electron chi connectivity index (χ1n) is 6.35. The molecular weight excluding hydrogens is 353 g/mol. The summed E-state index contributed by atoms with van der Waals surface area (Å²) in [6.07, 6.45) is 1.25. The SMILES string of the molecule is C=CC1OC(c2ccccc2)C(C)N1C(=O)C(C)I. The molecule has 1 aliphatic rings. The van der Waals surface area contributed by atoms with Gasteiger partial charge in [0, 0.05) is 0 Å². The van der Waals surface area contributed by atoms with Crippen LogP contribution in [0.15, 0.2) is 43.0 Å². The molecule has 1 aromatic rings. The van der Waals surface area contributed by atoms with Crippen molar-refractivity contribution in [1.82, 2.24) is 4.90 Å². The number of rotatable bonds is 3. The van der Waals surface area contributed by atoms with Gasteiger partial charge in [-0.3, -0.25) is 4.79 Å². The van der Waals surface area contributed by atoms with Gasteiger partial charge >= 0.3 is 0 Å². The molecule has 2 rings (SSSR count). The number of ether oxygens (including phenoxy) is 1. The minimum atomic E-state index is -0.343. The highest BCUT2D eigenvalue weighted by Crippen LogP contribution is 2.36. The second-order valence-electron chi connectivity index (χ2n) is 4.70. The fourth-order valence-corrected chi connectivity index (χ4v) is 2.73. The Hall–Kier alpha value is -0.880. The van der Waals surface area contributed by atoms with Crippen LogP contribution in [0.2, 0.25) is 0 Å². The lowest BCUT2D eigenvalue weighted by Gasteiger charge is -2.26. The molecule has 0 aromatic heterocycles. The van der Waals surface area contributed by atoms with Gasteiger partial charge in [0.05, 0.1) is 9.97 Å². The van der Waals surface area contributed by atoms with E-state index < -0.39 is 0 Å². The molecule has 102 valence electrons. The van der Waals surface area contributed by atoms with Crippen molar-refractivity contribution in [2.75, 3.05) is 0 Å². The summed E-state index contributed by atoms with van der Waals surface area (Å²) in [6, 6.07) is 10.0. The van der Waals surface area contributed by atoms with Crippen LogP contribution >= 0.6 is 22.6 Å². The van der Waals surface area contributed by atoms with Crippen LogP contribution in [0.5, 0.6) is 0 Å². The quantitative estimate of drug-likeness (QED) is 0.464. The number of carbonyl (C=O) groups is 1. The van der Waals surface area contributed by atoms with Crippen molar-refractivity contribution in [3.8, 4) is 0 Å². The van der Waals surface area contributed by atoms with Gasteiger partial charge in [-0.1, -0.05) is 59.5 Å². The highest BCUT2D eigenvalue weighted by Gasteiger charge is 2.42. The van der Waals surface area contributed by atoms with Gasteiger partial charge in [0.2, 0.25) is 5.91 Å². The lowest BCUT2D eigenvalue weighted by atomic mass is 10.0. The lowest BCUT2D eigenvalue weighted by molar-refractivity contribution is -0.134. The molecule has 0 saturated carbocycles. The maximum Gasteiger partial charge on any atom is 0.237 e. The number of hydrogen-bond acceptors (Lipinski definition) is 2. The van der Waals surface area contributed by atoms with Crippen LogP contribution in [0.25, 0.3) is 0 Å². The number of hydrogen-bond donors (Lipinski definition) is 0. The number of alkyl halides is 1. The zero-order valence-electron chi connectivity index (χ0n) is 11.1. The van der Waals surface area contributed by atoms with Gasteiger partial charge in [0.25, 0.3) is 0 Å². The maximum absolute atomic E-state index is 12.3. The van der Waals surface area contributed by atoms with Crippen molar-refractivity contribution in [2.24, 2.45) is 0 Å². The van der Waals surface area contributed by atoms with Gasteiger partial charge in [-0.05, 0) is 25.5 Å². The Labute approximate surface area is 127 Å². The Morgan fingerprint density at radius 2 is 2.11 bits per heavy atom. The molecule has 1 aromatic carbocycles. The smallest absolute Gasteiger partial charge is 0.237 e. The maximum atomic E-state index is 12.3. The van der Waals surface area contributed by atoms with Crippen LogP contribution in [-0.4, -0.2) is 27.0 Å². The summed E-state index contributed by atoms with van der Waals surface area (Å²) in [5.41, 5.74) is 1.10. The molecular formula is C15H18INO2. The van der Waals surface area contributed by atoms with Crippen LogP contribution < -0.4 is 0 Å². The highest BCUT2D eigenvalue weighted by atomic mass is 127. The molecule has 1 fully saturated rings. The van der Waals surface area contributed by atoms with E-state index in [9.17, 15) is 4.79 Å². The summed E-state index contributed by atoms with van der Waals surface area (Å²) in [6.45, 7) is 7.70. The number of halogens is 1. The van der Waals surface area contributed by atoms with Crippen LogP contribution in [-0.2, 0) is 9.53 Å². The molecule has 1 aliphatic heterocycles. The molecule has 0 bridgehead atoms.